The number of nitrogens with zero attached hydrogens (tertiary/aromatic N) is 1. The van der Waals surface area contributed by atoms with E-state index in [0.29, 0.717) is 44.3 Å². The van der Waals surface area contributed by atoms with Crippen LogP contribution in [0, 0.1) is 5.92 Å². The lowest BCUT2D eigenvalue weighted by molar-refractivity contribution is -0.274. The van der Waals surface area contributed by atoms with E-state index in [2.05, 4.69) is 10.1 Å². The van der Waals surface area contributed by atoms with E-state index >= 15 is 0 Å². The molecule has 8 heteroatoms. The summed E-state index contributed by atoms with van der Waals surface area (Å²) < 4.78 is 44.4. The Morgan fingerprint density at radius 2 is 1.74 bits per heavy atom. The molecule has 0 spiro atoms. The number of rotatable bonds is 8. The van der Waals surface area contributed by atoms with Gasteiger partial charge in [-0.1, -0.05) is 60.7 Å². The van der Waals surface area contributed by atoms with Gasteiger partial charge < -0.3 is 14.6 Å². The number of benzene rings is 3. The summed E-state index contributed by atoms with van der Waals surface area (Å²) in [4.78, 5) is 26.4. The van der Waals surface area contributed by atoms with E-state index in [1.165, 1.54) is 6.07 Å². The first-order chi connectivity index (χ1) is 18.3. The molecule has 38 heavy (non-hydrogen) atoms. The van der Waals surface area contributed by atoms with E-state index in [9.17, 15) is 22.8 Å². The van der Waals surface area contributed by atoms with Crippen molar-refractivity contribution in [1.82, 2.24) is 9.88 Å². The van der Waals surface area contributed by atoms with Gasteiger partial charge in [0, 0.05) is 13.1 Å². The average molecular weight is 521 g/mol. The highest BCUT2D eigenvalue weighted by Crippen LogP contribution is 2.37. The number of ether oxygens (including phenoxy) is 1. The first kappa shape index (κ1) is 25.6. The van der Waals surface area contributed by atoms with Crippen LogP contribution in [0.1, 0.15) is 33.5 Å². The summed E-state index contributed by atoms with van der Waals surface area (Å²) in [5.41, 5.74) is 2.91. The predicted octanol–water partition coefficient (Wildman–Crippen LogP) is 5.68. The van der Waals surface area contributed by atoms with Crippen LogP contribution in [0.5, 0.6) is 5.75 Å². The molecule has 0 bridgehead atoms. The number of nitrogens with one attached hydrogen (secondary N) is 1. The Morgan fingerprint density at radius 3 is 2.53 bits per heavy atom. The fraction of sp³-hybridized carbons (Fsp3) is 0.267. The topological polar surface area (TPSA) is 60.3 Å². The van der Waals surface area contributed by atoms with Crippen LogP contribution in [0.4, 0.5) is 13.2 Å². The number of fused-ring (bicyclic) bond motifs is 2. The quantitative estimate of drug-likeness (QED) is 0.325. The Bertz CT molecular complexity index is 1510. The second-order valence-electron chi connectivity index (χ2n) is 9.57. The highest BCUT2D eigenvalue weighted by molar-refractivity contribution is 5.97. The van der Waals surface area contributed by atoms with E-state index in [4.69, 9.17) is 0 Å². The molecular formula is C30H27F3N2O3. The summed E-state index contributed by atoms with van der Waals surface area (Å²) in [7, 11) is 0. The lowest BCUT2D eigenvalue weighted by Gasteiger charge is -2.16. The third-order valence-electron chi connectivity index (χ3n) is 7.01. The number of aromatic nitrogens is 1. The number of carbonyl (C=O) groups excluding carboxylic acids is 1. The molecule has 1 amide bonds. The molecule has 1 heterocycles. The molecule has 1 aliphatic rings. The number of aryl methyl sites for hydroxylation is 1. The molecule has 4 aromatic rings. The maximum Gasteiger partial charge on any atom is 0.573 e. The van der Waals surface area contributed by atoms with Crippen LogP contribution in [0.25, 0.3) is 10.9 Å². The number of hydrogen-bond acceptors (Lipinski definition) is 3. The SMILES string of the molecule is O=C(NCCc1ccccc1)c1cc2ccccc2n(CCC2Cc3cccc(OC(F)(F)F)c3C2)c1=O. The molecule has 0 radical (unpaired) electrons. The molecular weight excluding hydrogens is 493 g/mol. The van der Waals surface area contributed by atoms with E-state index in [1.54, 1.807) is 16.7 Å². The molecule has 5 nitrogen and oxygen atoms in total. The maximum absolute atomic E-state index is 13.4. The minimum atomic E-state index is -4.75. The van der Waals surface area contributed by atoms with Crippen molar-refractivity contribution >= 4 is 16.8 Å². The van der Waals surface area contributed by atoms with Gasteiger partial charge in [-0.3, -0.25) is 9.59 Å². The summed E-state index contributed by atoms with van der Waals surface area (Å²) in [6, 6.07) is 23.5. The highest BCUT2D eigenvalue weighted by Gasteiger charge is 2.34. The summed E-state index contributed by atoms with van der Waals surface area (Å²) in [6.45, 7) is 0.746. The molecule has 1 aromatic heterocycles. The van der Waals surface area contributed by atoms with E-state index in [1.807, 2.05) is 60.7 Å². The van der Waals surface area contributed by atoms with Crippen LogP contribution in [0.15, 0.2) is 83.7 Å². The van der Waals surface area contributed by atoms with Crippen molar-refractivity contribution < 1.29 is 22.7 Å². The molecule has 1 N–H and O–H groups in total. The minimum absolute atomic E-state index is 0.0528. The number of amides is 1. The van der Waals surface area contributed by atoms with Gasteiger partial charge in [0.15, 0.2) is 0 Å². The second-order valence-corrected chi connectivity index (χ2v) is 9.57. The Kier molecular flexibility index (Phi) is 7.22. The number of pyridine rings is 1. The lowest BCUT2D eigenvalue weighted by Crippen LogP contribution is -2.34. The third-order valence-corrected chi connectivity index (χ3v) is 7.01. The van der Waals surface area contributed by atoms with Crippen LogP contribution in [0.3, 0.4) is 0 Å². The third kappa shape index (κ3) is 5.74. The van der Waals surface area contributed by atoms with Gasteiger partial charge in [-0.2, -0.15) is 0 Å². The van der Waals surface area contributed by atoms with Crippen molar-refractivity contribution in [2.75, 3.05) is 6.54 Å². The Balaban J connectivity index is 1.32. The largest absolute Gasteiger partial charge is 0.573 e. The first-order valence-corrected chi connectivity index (χ1v) is 12.6. The molecule has 3 aromatic carbocycles. The zero-order valence-corrected chi connectivity index (χ0v) is 20.6. The maximum atomic E-state index is 13.4. The number of halogens is 3. The molecule has 1 atom stereocenters. The molecule has 0 saturated carbocycles. The van der Waals surface area contributed by atoms with E-state index < -0.39 is 12.3 Å². The van der Waals surface area contributed by atoms with Crippen LogP contribution in [-0.4, -0.2) is 23.4 Å². The molecule has 0 fully saturated rings. The number of para-hydroxylation sites is 1. The number of carbonyl (C=O) groups is 1. The normalized spacial score (nSPS) is 14.9. The van der Waals surface area contributed by atoms with Crippen molar-refractivity contribution in [2.24, 2.45) is 5.92 Å². The van der Waals surface area contributed by atoms with Crippen LogP contribution in [0.2, 0.25) is 0 Å². The summed E-state index contributed by atoms with van der Waals surface area (Å²) in [6.07, 6.45) is -2.48. The van der Waals surface area contributed by atoms with Crippen molar-refractivity contribution in [3.63, 3.8) is 0 Å². The summed E-state index contributed by atoms with van der Waals surface area (Å²) in [5.74, 6) is -0.529. The summed E-state index contributed by atoms with van der Waals surface area (Å²) in [5, 5.41) is 3.63. The van der Waals surface area contributed by atoms with Crippen LogP contribution < -0.4 is 15.6 Å². The molecule has 196 valence electrons. The Morgan fingerprint density at radius 1 is 0.974 bits per heavy atom. The molecule has 5 rings (SSSR count). The van der Waals surface area contributed by atoms with Gasteiger partial charge in [0.05, 0.1) is 5.52 Å². The Labute approximate surface area is 217 Å². The van der Waals surface area contributed by atoms with Gasteiger partial charge in [0.2, 0.25) is 0 Å². The molecule has 0 saturated heterocycles. The van der Waals surface area contributed by atoms with Gasteiger partial charge in [0.1, 0.15) is 11.3 Å². The predicted molar refractivity (Wildman–Crippen MR) is 139 cm³/mol. The van der Waals surface area contributed by atoms with Crippen LogP contribution >= 0.6 is 0 Å². The van der Waals surface area contributed by atoms with Gasteiger partial charge >= 0.3 is 6.36 Å². The fourth-order valence-corrected chi connectivity index (χ4v) is 5.21. The van der Waals surface area contributed by atoms with E-state index in [-0.39, 0.29) is 22.8 Å². The lowest BCUT2D eigenvalue weighted by atomic mass is 10.0. The van der Waals surface area contributed by atoms with Crippen molar-refractivity contribution in [3.05, 3.63) is 111 Å². The van der Waals surface area contributed by atoms with Crippen LogP contribution in [-0.2, 0) is 25.8 Å². The zero-order chi connectivity index (χ0) is 26.7. The second kappa shape index (κ2) is 10.7. The fourth-order valence-electron chi connectivity index (χ4n) is 5.21. The number of alkyl halides is 3. The van der Waals surface area contributed by atoms with E-state index in [0.717, 1.165) is 22.0 Å². The first-order valence-electron chi connectivity index (χ1n) is 12.6. The average Bonchev–Trinajstić information content (AvgIpc) is 3.32. The molecule has 1 aliphatic carbocycles. The van der Waals surface area contributed by atoms with Gasteiger partial charge in [0.25, 0.3) is 11.5 Å². The smallest absolute Gasteiger partial charge is 0.405 e. The standard InChI is InChI=1S/C30H27F3N2O3/c31-30(32,33)38-27-12-6-10-22-17-21(18-24(22)27)14-16-35-26-11-5-4-9-23(26)19-25(29(35)37)28(36)34-15-13-20-7-2-1-3-8-20/h1-12,19,21H,13-18H2,(H,34,36). The van der Waals surface area contributed by atoms with Gasteiger partial charge in [-0.05, 0) is 71.9 Å². The molecule has 1 unspecified atom stereocenters. The number of hydrogen-bond donors (Lipinski definition) is 1. The van der Waals surface area contributed by atoms with Gasteiger partial charge in [-0.15, -0.1) is 13.2 Å². The highest BCUT2D eigenvalue weighted by atomic mass is 19.4. The molecule has 0 aliphatic heterocycles. The monoisotopic (exact) mass is 520 g/mol. The van der Waals surface area contributed by atoms with Crippen molar-refractivity contribution in [3.8, 4) is 5.75 Å². The zero-order valence-electron chi connectivity index (χ0n) is 20.6. The van der Waals surface area contributed by atoms with Crippen molar-refractivity contribution in [2.45, 2.75) is 38.6 Å². The van der Waals surface area contributed by atoms with Crippen molar-refractivity contribution in [1.29, 1.82) is 0 Å². The van der Waals surface area contributed by atoms with Gasteiger partial charge in [-0.25, -0.2) is 0 Å². The summed E-state index contributed by atoms with van der Waals surface area (Å²) >= 11 is 0. The Hall–Kier alpha value is -4.07. The minimum Gasteiger partial charge on any atom is -0.405 e.